The van der Waals surface area contributed by atoms with E-state index in [-0.39, 0.29) is 24.1 Å². The number of carbonyl (C=O) groups excluding carboxylic acids is 1. The first kappa shape index (κ1) is 29.9. The van der Waals surface area contributed by atoms with E-state index in [1.807, 2.05) is 27.7 Å². The van der Waals surface area contributed by atoms with Crippen LogP contribution in [0.5, 0.6) is 0 Å². The zero-order valence-electron chi connectivity index (χ0n) is 21.4. The maximum absolute atomic E-state index is 15.2. The Morgan fingerprint density at radius 3 is 2.47 bits per heavy atom. The minimum Gasteiger partial charge on any atom is -0.381 e. The van der Waals surface area contributed by atoms with Gasteiger partial charge in [0.05, 0.1) is 11.7 Å². The summed E-state index contributed by atoms with van der Waals surface area (Å²) in [5, 5.41) is 2.92. The monoisotopic (exact) mass is 497 g/mol. The molecule has 1 heterocycles. The molecule has 7 nitrogen and oxygen atoms in total. The molecule has 1 atom stereocenters. The van der Waals surface area contributed by atoms with Crippen LogP contribution in [0.4, 0.5) is 4.39 Å². The lowest BCUT2D eigenvalue weighted by molar-refractivity contribution is -0.130. The fraction of sp³-hybridized carbons (Fsp3) is 0.600. The van der Waals surface area contributed by atoms with E-state index in [0.29, 0.717) is 44.6 Å². The number of rotatable bonds is 10. The average molecular weight is 498 g/mol. The summed E-state index contributed by atoms with van der Waals surface area (Å²) in [6, 6.07) is 4.43. The number of aliphatic imine (C=N–C) groups is 1. The topological polar surface area (TPSA) is 88.1 Å². The number of nitrogens with one attached hydrogen (secondary N) is 1. The molecule has 2 rings (SSSR count). The van der Waals surface area contributed by atoms with E-state index in [1.54, 1.807) is 25.3 Å². The molecule has 192 valence electrons. The Hall–Kier alpha value is -2.10. The Labute approximate surface area is 204 Å². The highest BCUT2D eigenvalue weighted by Gasteiger charge is 2.42. The molecular weight excluding hydrogens is 457 g/mol. The van der Waals surface area contributed by atoms with Crippen LogP contribution in [0.2, 0.25) is 0 Å². The second kappa shape index (κ2) is 13.7. The van der Waals surface area contributed by atoms with Crippen molar-refractivity contribution in [2.45, 2.75) is 71.9 Å². The van der Waals surface area contributed by atoms with Gasteiger partial charge in [-0.05, 0) is 57.0 Å². The van der Waals surface area contributed by atoms with Crippen LogP contribution in [0.25, 0.3) is 0 Å². The van der Waals surface area contributed by atoms with Gasteiger partial charge >= 0.3 is 0 Å². The lowest BCUT2D eigenvalue weighted by Gasteiger charge is -2.36. The highest BCUT2D eigenvalue weighted by molar-refractivity contribution is 7.88. The van der Waals surface area contributed by atoms with E-state index < -0.39 is 21.3 Å². The highest BCUT2D eigenvalue weighted by atomic mass is 32.2. The Morgan fingerprint density at radius 1 is 1.35 bits per heavy atom. The number of nitrogens with zero attached hydrogens (tertiary/aromatic N) is 2. The summed E-state index contributed by atoms with van der Waals surface area (Å²) in [7, 11) is -3.50. The van der Waals surface area contributed by atoms with Crippen molar-refractivity contribution in [3.8, 4) is 0 Å². The molecular formula is C25H40FN3O4S. The van der Waals surface area contributed by atoms with E-state index in [9.17, 15) is 13.2 Å². The zero-order chi connectivity index (χ0) is 25.9. The molecule has 0 radical (unpaired) electrons. The molecule has 0 spiro atoms. The molecule has 1 aliphatic rings. The molecule has 1 aromatic rings. The quantitative estimate of drug-likeness (QED) is 0.491. The Bertz CT molecular complexity index is 957. The summed E-state index contributed by atoms with van der Waals surface area (Å²) in [5.74, 6) is -0.716. The third-order valence-electron chi connectivity index (χ3n) is 6.06. The molecule has 1 aliphatic heterocycles. The summed E-state index contributed by atoms with van der Waals surface area (Å²) in [4.78, 5) is 16.9. The minimum absolute atomic E-state index is 0.0548. The minimum atomic E-state index is -3.50. The molecule has 1 amide bonds. The maximum atomic E-state index is 15.2. The molecule has 1 fully saturated rings. The third-order valence-corrected chi connectivity index (χ3v) is 7.40. The molecule has 34 heavy (non-hydrogen) atoms. The van der Waals surface area contributed by atoms with E-state index in [1.165, 1.54) is 10.4 Å². The van der Waals surface area contributed by atoms with Crippen molar-refractivity contribution in [2.75, 3.05) is 26.0 Å². The van der Waals surface area contributed by atoms with Gasteiger partial charge in [0.2, 0.25) is 15.9 Å². The second-order valence-corrected chi connectivity index (χ2v) is 10.3. The van der Waals surface area contributed by atoms with Gasteiger partial charge in [0, 0.05) is 44.1 Å². The molecule has 1 saturated heterocycles. The standard InChI is InChI=1S/C23H34FN3O4S.C2H6/c1-6-18(3)27(32(5,29)30)16-19-7-8-20(13-21(19)24)23(9-11-31-12-10-23)22(28)26-15-17(2)14-25-4;1-2/h7-8,13-14,18H,4,6,9-12,15-16H2,1-3,5H3,(H,26,28);1-2H3/b17-14+;/t18-;/m0./s1. The highest BCUT2D eigenvalue weighted by Crippen LogP contribution is 2.36. The van der Waals surface area contributed by atoms with Gasteiger partial charge in [0.15, 0.2) is 0 Å². The molecule has 0 saturated carbocycles. The fourth-order valence-electron chi connectivity index (χ4n) is 3.90. The Balaban J connectivity index is 0.00000281. The second-order valence-electron chi connectivity index (χ2n) is 8.41. The first-order valence-electron chi connectivity index (χ1n) is 11.8. The van der Waals surface area contributed by atoms with E-state index in [2.05, 4.69) is 17.0 Å². The van der Waals surface area contributed by atoms with Crippen LogP contribution in [-0.2, 0) is 31.5 Å². The SMILES string of the molecule is C=N/C=C(\C)CNC(=O)C1(c2ccc(CN([C@@H](C)CC)S(C)(=O)=O)c(F)c2)CCOCC1.CC. The van der Waals surface area contributed by atoms with Gasteiger partial charge in [0.1, 0.15) is 5.82 Å². The number of carbonyl (C=O) groups is 1. The summed E-state index contributed by atoms with van der Waals surface area (Å²) in [5.41, 5.74) is 0.783. The largest absolute Gasteiger partial charge is 0.381 e. The van der Waals surface area contributed by atoms with Crippen LogP contribution in [0, 0.1) is 5.82 Å². The van der Waals surface area contributed by atoms with Gasteiger partial charge in [-0.1, -0.05) is 32.9 Å². The van der Waals surface area contributed by atoms with Crippen molar-refractivity contribution in [3.05, 3.63) is 46.9 Å². The molecule has 9 heteroatoms. The molecule has 0 bridgehead atoms. The number of hydrogen-bond donors (Lipinski definition) is 1. The summed E-state index contributed by atoms with van der Waals surface area (Å²) < 4.78 is 46.3. The van der Waals surface area contributed by atoms with Crippen LogP contribution in [0.1, 0.15) is 65.0 Å². The normalized spacial score (nSPS) is 16.9. The number of benzene rings is 1. The zero-order valence-corrected chi connectivity index (χ0v) is 22.2. The predicted octanol–water partition coefficient (Wildman–Crippen LogP) is 4.18. The van der Waals surface area contributed by atoms with Crippen molar-refractivity contribution in [3.63, 3.8) is 0 Å². The average Bonchev–Trinajstić information content (AvgIpc) is 2.82. The smallest absolute Gasteiger partial charge is 0.231 e. The number of hydrogen-bond acceptors (Lipinski definition) is 5. The van der Waals surface area contributed by atoms with Gasteiger partial charge in [0.25, 0.3) is 0 Å². The molecule has 0 unspecified atom stereocenters. The van der Waals surface area contributed by atoms with Crippen LogP contribution >= 0.6 is 0 Å². The Kier molecular flexibility index (Phi) is 12.1. The maximum Gasteiger partial charge on any atom is 0.231 e. The van der Waals surface area contributed by atoms with Crippen LogP contribution in [0.15, 0.2) is 35.0 Å². The van der Waals surface area contributed by atoms with Gasteiger partial charge in [-0.15, -0.1) is 0 Å². The van der Waals surface area contributed by atoms with Crippen LogP contribution in [-0.4, -0.2) is 57.4 Å². The number of ether oxygens (including phenoxy) is 1. The summed E-state index contributed by atoms with van der Waals surface area (Å²) in [6.07, 6.45) is 4.19. The van der Waals surface area contributed by atoms with E-state index >= 15 is 4.39 Å². The Morgan fingerprint density at radius 2 is 1.97 bits per heavy atom. The van der Waals surface area contributed by atoms with Gasteiger partial charge in [-0.25, -0.2) is 12.8 Å². The summed E-state index contributed by atoms with van der Waals surface area (Å²) in [6.45, 7) is 14.0. The van der Waals surface area contributed by atoms with Crippen LogP contribution < -0.4 is 5.32 Å². The first-order valence-corrected chi connectivity index (χ1v) is 13.6. The number of amides is 1. The lowest BCUT2D eigenvalue weighted by atomic mass is 9.73. The lowest BCUT2D eigenvalue weighted by Crippen LogP contribution is -2.48. The van der Waals surface area contributed by atoms with Crippen molar-refractivity contribution >= 4 is 22.6 Å². The number of halogens is 1. The number of sulfonamides is 1. The van der Waals surface area contributed by atoms with Crippen molar-refractivity contribution in [2.24, 2.45) is 4.99 Å². The fourth-order valence-corrected chi connectivity index (χ4v) is 5.08. The third kappa shape index (κ3) is 7.71. The molecule has 1 N–H and O–H groups in total. The first-order chi connectivity index (χ1) is 16.0. The molecule has 0 aromatic heterocycles. The summed E-state index contributed by atoms with van der Waals surface area (Å²) >= 11 is 0. The van der Waals surface area contributed by atoms with Gasteiger partial charge < -0.3 is 10.1 Å². The van der Waals surface area contributed by atoms with Gasteiger partial charge in [-0.3, -0.25) is 9.79 Å². The van der Waals surface area contributed by atoms with Gasteiger partial charge in [-0.2, -0.15) is 4.31 Å². The van der Waals surface area contributed by atoms with Crippen molar-refractivity contribution in [1.29, 1.82) is 0 Å². The molecule has 0 aliphatic carbocycles. The van der Waals surface area contributed by atoms with Crippen molar-refractivity contribution < 1.29 is 22.3 Å². The predicted molar refractivity (Wildman–Crippen MR) is 136 cm³/mol. The van der Waals surface area contributed by atoms with Crippen LogP contribution in [0.3, 0.4) is 0 Å². The van der Waals surface area contributed by atoms with E-state index in [0.717, 1.165) is 11.8 Å². The molecule has 1 aromatic carbocycles. The van der Waals surface area contributed by atoms with E-state index in [4.69, 9.17) is 4.74 Å². The van der Waals surface area contributed by atoms with Crippen molar-refractivity contribution in [1.82, 2.24) is 9.62 Å².